The van der Waals surface area contributed by atoms with E-state index in [2.05, 4.69) is 5.32 Å². The van der Waals surface area contributed by atoms with Crippen molar-refractivity contribution in [3.63, 3.8) is 0 Å². The first-order valence-corrected chi connectivity index (χ1v) is 6.57. The summed E-state index contributed by atoms with van der Waals surface area (Å²) in [6.07, 6.45) is 4.44. The molecule has 0 saturated carbocycles. The summed E-state index contributed by atoms with van der Waals surface area (Å²) in [7, 11) is 1.86. The molecule has 1 amide bonds. The van der Waals surface area contributed by atoms with Crippen LogP contribution in [0.3, 0.4) is 0 Å². The van der Waals surface area contributed by atoms with Gasteiger partial charge in [-0.25, -0.2) is 4.79 Å². The Hall–Kier alpha value is -0.770. The van der Waals surface area contributed by atoms with Crippen LogP contribution in [0.4, 0.5) is 4.79 Å². The predicted octanol–water partition coefficient (Wildman–Crippen LogP) is 2.14. The molecule has 98 valence electrons. The Morgan fingerprint density at radius 2 is 1.76 bits per heavy atom. The predicted molar refractivity (Wildman–Crippen MR) is 67.0 cm³/mol. The minimum Gasteiger partial charge on any atom is -0.444 e. The van der Waals surface area contributed by atoms with Crippen molar-refractivity contribution in [1.29, 1.82) is 0 Å². The van der Waals surface area contributed by atoms with Gasteiger partial charge in [0.05, 0.1) is 0 Å². The summed E-state index contributed by atoms with van der Waals surface area (Å²) in [6.45, 7) is 5.72. The van der Waals surface area contributed by atoms with E-state index in [1.807, 2.05) is 27.8 Å². The highest BCUT2D eigenvalue weighted by Gasteiger charge is 2.37. The topological polar surface area (TPSA) is 41.6 Å². The Bertz CT molecular complexity index is 286. The average molecular weight is 240 g/mol. The van der Waals surface area contributed by atoms with Crippen LogP contribution in [-0.4, -0.2) is 41.8 Å². The first-order valence-electron chi connectivity index (χ1n) is 6.57. The number of carbonyl (C=O) groups excluding carboxylic acids is 1. The van der Waals surface area contributed by atoms with Crippen molar-refractivity contribution in [2.75, 3.05) is 7.05 Å². The van der Waals surface area contributed by atoms with E-state index in [0.29, 0.717) is 18.1 Å². The molecule has 2 saturated heterocycles. The van der Waals surface area contributed by atoms with Gasteiger partial charge in [0.2, 0.25) is 0 Å². The summed E-state index contributed by atoms with van der Waals surface area (Å²) in [4.78, 5) is 13.8. The Labute approximate surface area is 104 Å². The fourth-order valence-corrected chi connectivity index (χ4v) is 2.83. The van der Waals surface area contributed by atoms with Crippen LogP contribution in [0.2, 0.25) is 0 Å². The first-order chi connectivity index (χ1) is 7.85. The quantitative estimate of drug-likeness (QED) is 0.763. The van der Waals surface area contributed by atoms with Crippen LogP contribution in [0, 0.1) is 0 Å². The molecule has 2 fully saturated rings. The average Bonchev–Trinajstić information content (AvgIpc) is 2.54. The molecule has 4 heteroatoms. The van der Waals surface area contributed by atoms with E-state index >= 15 is 0 Å². The number of ether oxygens (including phenoxy) is 1. The largest absolute Gasteiger partial charge is 0.444 e. The zero-order valence-corrected chi connectivity index (χ0v) is 11.3. The number of nitrogens with one attached hydrogen (secondary N) is 1. The molecule has 0 aromatic carbocycles. The third kappa shape index (κ3) is 3.12. The second kappa shape index (κ2) is 4.48. The number of fused-ring (bicyclic) bond motifs is 2. The third-order valence-electron chi connectivity index (χ3n) is 3.68. The second-order valence-corrected chi connectivity index (χ2v) is 6.35. The summed E-state index contributed by atoms with van der Waals surface area (Å²) >= 11 is 0. The van der Waals surface area contributed by atoms with Crippen molar-refractivity contribution < 1.29 is 9.53 Å². The molecule has 0 aromatic rings. The zero-order valence-electron chi connectivity index (χ0n) is 11.3. The highest BCUT2D eigenvalue weighted by atomic mass is 16.6. The molecule has 2 aliphatic heterocycles. The van der Waals surface area contributed by atoms with Crippen LogP contribution in [0.5, 0.6) is 0 Å². The maximum Gasteiger partial charge on any atom is 0.410 e. The van der Waals surface area contributed by atoms with Gasteiger partial charge in [0.15, 0.2) is 0 Å². The Kier molecular flexibility index (Phi) is 3.34. The first kappa shape index (κ1) is 12.7. The van der Waals surface area contributed by atoms with Crippen LogP contribution in [-0.2, 0) is 4.74 Å². The number of hydrogen-bond donors (Lipinski definition) is 1. The number of hydrogen-bond acceptors (Lipinski definition) is 3. The van der Waals surface area contributed by atoms with E-state index in [1.54, 1.807) is 4.90 Å². The molecular formula is C13H24N2O2. The molecule has 0 radical (unpaired) electrons. The summed E-state index contributed by atoms with van der Waals surface area (Å²) in [6, 6.07) is 1.54. The van der Waals surface area contributed by atoms with Crippen molar-refractivity contribution in [2.24, 2.45) is 0 Å². The van der Waals surface area contributed by atoms with Crippen LogP contribution in [0.25, 0.3) is 0 Å². The molecule has 1 N–H and O–H groups in total. The zero-order chi connectivity index (χ0) is 12.6. The van der Waals surface area contributed by atoms with Gasteiger partial charge in [-0.15, -0.1) is 0 Å². The van der Waals surface area contributed by atoms with Gasteiger partial charge >= 0.3 is 6.09 Å². The normalized spacial score (nSPS) is 32.4. The minimum absolute atomic E-state index is 0.191. The number of rotatable bonds is 1. The monoisotopic (exact) mass is 240 g/mol. The smallest absolute Gasteiger partial charge is 0.410 e. The molecule has 0 aromatic heterocycles. The van der Waals surface area contributed by atoms with Crippen LogP contribution in [0.15, 0.2) is 0 Å². The van der Waals surface area contributed by atoms with Gasteiger partial charge in [-0.05, 0) is 46.5 Å². The van der Waals surface area contributed by atoms with E-state index in [-0.39, 0.29) is 6.09 Å². The molecule has 2 aliphatic rings. The lowest BCUT2D eigenvalue weighted by atomic mass is 9.99. The molecule has 2 heterocycles. The van der Waals surface area contributed by atoms with Crippen molar-refractivity contribution in [2.45, 2.75) is 70.2 Å². The van der Waals surface area contributed by atoms with E-state index in [4.69, 9.17) is 4.74 Å². The molecule has 0 unspecified atom stereocenters. The SMILES string of the molecule is CN(C(=O)OC(C)(C)C)[C@@H]1C[C@H]2CC[C@@H](C1)N2. The summed E-state index contributed by atoms with van der Waals surface area (Å²) in [5.74, 6) is 0. The highest BCUT2D eigenvalue weighted by molar-refractivity contribution is 5.68. The summed E-state index contributed by atoms with van der Waals surface area (Å²) < 4.78 is 5.41. The molecule has 2 bridgehead atoms. The Balaban J connectivity index is 1.91. The van der Waals surface area contributed by atoms with Gasteiger partial charge in [0, 0.05) is 25.2 Å². The van der Waals surface area contributed by atoms with Crippen molar-refractivity contribution in [3.05, 3.63) is 0 Å². The standard InChI is InChI=1S/C13H24N2O2/c1-13(2,3)17-12(16)15(4)11-7-9-5-6-10(8-11)14-9/h9-11,14H,5-8H2,1-4H3/t9-,10+,11-. The highest BCUT2D eigenvalue weighted by Crippen LogP contribution is 2.29. The Morgan fingerprint density at radius 1 is 1.24 bits per heavy atom. The van der Waals surface area contributed by atoms with Crippen LogP contribution in [0.1, 0.15) is 46.5 Å². The molecule has 2 rings (SSSR count). The van der Waals surface area contributed by atoms with Gasteiger partial charge in [0.1, 0.15) is 5.60 Å². The Morgan fingerprint density at radius 3 is 2.24 bits per heavy atom. The van der Waals surface area contributed by atoms with E-state index in [1.165, 1.54) is 12.8 Å². The van der Waals surface area contributed by atoms with Crippen molar-refractivity contribution in [1.82, 2.24) is 10.2 Å². The van der Waals surface area contributed by atoms with Crippen molar-refractivity contribution >= 4 is 6.09 Å². The molecular weight excluding hydrogens is 216 g/mol. The molecule has 17 heavy (non-hydrogen) atoms. The fourth-order valence-electron chi connectivity index (χ4n) is 2.83. The number of nitrogens with zero attached hydrogens (tertiary/aromatic N) is 1. The number of carbonyl (C=O) groups is 1. The summed E-state index contributed by atoms with van der Waals surface area (Å²) in [5.41, 5.74) is -0.406. The third-order valence-corrected chi connectivity index (χ3v) is 3.68. The molecule has 3 atom stereocenters. The fraction of sp³-hybridized carbons (Fsp3) is 0.923. The lowest BCUT2D eigenvalue weighted by Gasteiger charge is -2.36. The van der Waals surface area contributed by atoms with Gasteiger partial charge in [0.25, 0.3) is 0 Å². The number of amides is 1. The van der Waals surface area contributed by atoms with Gasteiger partial charge < -0.3 is 15.0 Å². The maximum atomic E-state index is 12.0. The number of piperidine rings is 1. The second-order valence-electron chi connectivity index (χ2n) is 6.35. The molecule has 0 aliphatic carbocycles. The van der Waals surface area contributed by atoms with E-state index < -0.39 is 5.60 Å². The molecule has 0 spiro atoms. The van der Waals surface area contributed by atoms with Gasteiger partial charge in [-0.1, -0.05) is 0 Å². The van der Waals surface area contributed by atoms with Crippen LogP contribution < -0.4 is 5.32 Å². The lowest BCUT2D eigenvalue weighted by molar-refractivity contribution is 0.0177. The van der Waals surface area contributed by atoms with Gasteiger partial charge in [-0.3, -0.25) is 0 Å². The van der Waals surface area contributed by atoms with Crippen LogP contribution >= 0.6 is 0 Å². The summed E-state index contributed by atoms with van der Waals surface area (Å²) in [5, 5.41) is 3.58. The lowest BCUT2D eigenvalue weighted by Crippen LogP contribution is -2.49. The minimum atomic E-state index is -0.406. The maximum absolute atomic E-state index is 12.0. The molecule has 4 nitrogen and oxygen atoms in total. The van der Waals surface area contributed by atoms with E-state index in [9.17, 15) is 4.79 Å². The van der Waals surface area contributed by atoms with Crippen molar-refractivity contribution in [3.8, 4) is 0 Å². The van der Waals surface area contributed by atoms with E-state index in [0.717, 1.165) is 12.8 Å². The van der Waals surface area contributed by atoms with Gasteiger partial charge in [-0.2, -0.15) is 0 Å².